The van der Waals surface area contributed by atoms with Crippen molar-refractivity contribution in [3.05, 3.63) is 34.3 Å². The Hall–Kier alpha value is -1.62. The predicted molar refractivity (Wildman–Crippen MR) is 67.1 cm³/mol. The molecule has 17 heavy (non-hydrogen) atoms. The van der Waals surface area contributed by atoms with Gasteiger partial charge in [0.25, 0.3) is 0 Å². The number of anilines is 1. The van der Waals surface area contributed by atoms with Gasteiger partial charge >= 0.3 is 0 Å². The Morgan fingerprint density at radius 1 is 1.41 bits per heavy atom. The number of aromatic nitrogens is 2. The number of thiophene rings is 1. The van der Waals surface area contributed by atoms with E-state index in [9.17, 15) is 0 Å². The number of hydrogen-bond acceptors (Lipinski definition) is 5. The van der Waals surface area contributed by atoms with Crippen LogP contribution in [0.4, 0.5) is 5.82 Å². The second kappa shape index (κ2) is 4.33. The number of hydrogen-bond donors (Lipinski definition) is 1. The summed E-state index contributed by atoms with van der Waals surface area (Å²) in [7, 11) is 0. The van der Waals surface area contributed by atoms with E-state index in [4.69, 9.17) is 10.5 Å². The molecule has 2 aromatic heterocycles. The third kappa shape index (κ3) is 2.55. The summed E-state index contributed by atoms with van der Waals surface area (Å²) < 4.78 is 5.63. The normalized spacial score (nSPS) is 14.8. The molecule has 5 heteroatoms. The summed E-state index contributed by atoms with van der Waals surface area (Å²) in [6.07, 6.45) is 2.32. The molecule has 2 N–H and O–H groups in total. The summed E-state index contributed by atoms with van der Waals surface area (Å²) in [4.78, 5) is 9.79. The van der Waals surface area contributed by atoms with Gasteiger partial charge in [-0.25, -0.2) is 4.98 Å². The molecular formula is C12H13N3OS. The van der Waals surface area contributed by atoms with Gasteiger partial charge in [-0.1, -0.05) is 6.07 Å². The van der Waals surface area contributed by atoms with E-state index in [2.05, 4.69) is 9.97 Å². The van der Waals surface area contributed by atoms with Crippen molar-refractivity contribution in [1.29, 1.82) is 0 Å². The van der Waals surface area contributed by atoms with E-state index in [1.54, 1.807) is 17.4 Å². The van der Waals surface area contributed by atoms with Crippen molar-refractivity contribution in [1.82, 2.24) is 9.97 Å². The first-order chi connectivity index (χ1) is 8.31. The fraction of sp³-hybridized carbons (Fsp3) is 0.333. The molecule has 0 spiro atoms. The molecule has 0 bridgehead atoms. The second-order valence-electron chi connectivity index (χ2n) is 4.13. The minimum atomic E-state index is 0.489. The smallest absolute Gasteiger partial charge is 0.219 e. The second-order valence-corrected chi connectivity index (χ2v) is 5.16. The van der Waals surface area contributed by atoms with E-state index in [1.165, 1.54) is 4.88 Å². The Bertz CT molecular complexity index is 508. The lowest BCUT2D eigenvalue weighted by atomic mass is 10.4. The fourth-order valence-electron chi connectivity index (χ4n) is 1.60. The predicted octanol–water partition coefficient (Wildman–Crippen LogP) is 2.58. The molecule has 0 radical (unpaired) electrons. The maximum atomic E-state index is 5.75. The Morgan fingerprint density at radius 3 is 3.00 bits per heavy atom. The molecule has 4 nitrogen and oxygen atoms in total. The molecule has 3 rings (SSSR count). The molecular weight excluding hydrogens is 234 g/mol. The van der Waals surface area contributed by atoms with Gasteiger partial charge in [0.15, 0.2) is 0 Å². The molecule has 1 saturated carbocycles. The molecule has 0 unspecified atom stereocenters. The van der Waals surface area contributed by atoms with Crippen molar-refractivity contribution in [2.75, 3.05) is 5.73 Å². The Morgan fingerprint density at radius 2 is 2.29 bits per heavy atom. The largest absolute Gasteiger partial charge is 0.472 e. The average molecular weight is 247 g/mol. The molecule has 0 saturated heterocycles. The maximum Gasteiger partial charge on any atom is 0.219 e. The zero-order valence-corrected chi connectivity index (χ0v) is 10.1. The number of nitrogens with zero attached hydrogens (tertiary/aromatic N) is 2. The molecule has 0 atom stereocenters. The van der Waals surface area contributed by atoms with Gasteiger partial charge < -0.3 is 10.5 Å². The van der Waals surface area contributed by atoms with Crippen molar-refractivity contribution < 1.29 is 4.74 Å². The SMILES string of the molecule is Nc1cc(OCc2cccs2)nc(C2CC2)n1. The van der Waals surface area contributed by atoms with Gasteiger partial charge in [-0.3, -0.25) is 0 Å². The lowest BCUT2D eigenvalue weighted by molar-refractivity contribution is 0.296. The van der Waals surface area contributed by atoms with Crippen molar-refractivity contribution in [3.63, 3.8) is 0 Å². The van der Waals surface area contributed by atoms with Crippen LogP contribution in [0.3, 0.4) is 0 Å². The number of nitrogens with two attached hydrogens (primary N) is 1. The highest BCUT2D eigenvalue weighted by atomic mass is 32.1. The minimum Gasteiger partial charge on any atom is -0.472 e. The van der Waals surface area contributed by atoms with Gasteiger partial charge in [-0.15, -0.1) is 11.3 Å². The zero-order chi connectivity index (χ0) is 11.7. The van der Waals surface area contributed by atoms with E-state index in [1.807, 2.05) is 17.5 Å². The standard InChI is InChI=1S/C12H13N3OS/c13-10-6-11(15-12(14-10)8-3-4-8)16-7-9-2-1-5-17-9/h1-2,5-6,8H,3-4,7H2,(H2,13,14,15). The van der Waals surface area contributed by atoms with Gasteiger partial charge in [0, 0.05) is 16.9 Å². The summed E-state index contributed by atoms with van der Waals surface area (Å²) in [6.45, 7) is 0.540. The highest BCUT2D eigenvalue weighted by Crippen LogP contribution is 2.38. The van der Waals surface area contributed by atoms with Crippen molar-refractivity contribution in [3.8, 4) is 5.88 Å². The van der Waals surface area contributed by atoms with Crippen molar-refractivity contribution >= 4 is 17.2 Å². The quantitative estimate of drug-likeness (QED) is 0.902. The zero-order valence-electron chi connectivity index (χ0n) is 9.30. The molecule has 88 valence electrons. The molecule has 2 heterocycles. The topological polar surface area (TPSA) is 61.0 Å². The van der Waals surface area contributed by atoms with Gasteiger partial charge in [0.1, 0.15) is 18.2 Å². The summed E-state index contributed by atoms with van der Waals surface area (Å²) in [5.41, 5.74) is 5.75. The summed E-state index contributed by atoms with van der Waals surface area (Å²) in [5, 5.41) is 2.03. The highest BCUT2D eigenvalue weighted by molar-refractivity contribution is 7.09. The third-order valence-corrected chi connectivity index (χ3v) is 3.47. The third-order valence-electron chi connectivity index (χ3n) is 2.62. The minimum absolute atomic E-state index is 0.489. The van der Waals surface area contributed by atoms with Crippen LogP contribution in [0.15, 0.2) is 23.6 Å². The van der Waals surface area contributed by atoms with Gasteiger partial charge in [-0.2, -0.15) is 4.98 Å². The molecule has 0 aliphatic heterocycles. The van der Waals surface area contributed by atoms with E-state index < -0.39 is 0 Å². The molecule has 0 amide bonds. The van der Waals surface area contributed by atoms with Gasteiger partial charge in [0.05, 0.1) is 0 Å². The van der Waals surface area contributed by atoms with Crippen LogP contribution >= 0.6 is 11.3 Å². The number of nitrogen functional groups attached to an aromatic ring is 1. The van der Waals surface area contributed by atoms with E-state index in [0.29, 0.717) is 24.2 Å². The molecule has 1 aliphatic rings. The fourth-order valence-corrected chi connectivity index (χ4v) is 2.22. The first-order valence-electron chi connectivity index (χ1n) is 5.61. The van der Waals surface area contributed by atoms with Crippen molar-refractivity contribution in [2.24, 2.45) is 0 Å². The van der Waals surface area contributed by atoms with Gasteiger partial charge in [-0.05, 0) is 24.3 Å². The summed E-state index contributed by atoms with van der Waals surface area (Å²) >= 11 is 1.67. The lowest BCUT2D eigenvalue weighted by Gasteiger charge is -2.06. The lowest BCUT2D eigenvalue weighted by Crippen LogP contribution is -2.02. The van der Waals surface area contributed by atoms with E-state index in [-0.39, 0.29) is 0 Å². The summed E-state index contributed by atoms with van der Waals surface area (Å²) in [6, 6.07) is 5.73. The maximum absolute atomic E-state index is 5.75. The van der Waals surface area contributed by atoms with E-state index >= 15 is 0 Å². The van der Waals surface area contributed by atoms with Crippen LogP contribution in [-0.2, 0) is 6.61 Å². The monoisotopic (exact) mass is 247 g/mol. The Labute approximate surface area is 103 Å². The number of rotatable bonds is 4. The van der Waals surface area contributed by atoms with Crippen molar-refractivity contribution in [2.45, 2.75) is 25.4 Å². The van der Waals surface area contributed by atoms with Crippen LogP contribution in [0.2, 0.25) is 0 Å². The van der Waals surface area contributed by atoms with Gasteiger partial charge in [0.2, 0.25) is 5.88 Å². The van der Waals surface area contributed by atoms with E-state index in [0.717, 1.165) is 18.7 Å². The molecule has 1 aliphatic carbocycles. The Balaban J connectivity index is 1.73. The molecule has 2 aromatic rings. The van der Waals surface area contributed by atoms with Crippen LogP contribution in [0.1, 0.15) is 29.5 Å². The number of ether oxygens (including phenoxy) is 1. The first-order valence-corrected chi connectivity index (χ1v) is 6.49. The van der Waals surface area contributed by atoms with Crippen LogP contribution < -0.4 is 10.5 Å². The van der Waals surface area contributed by atoms with Crippen LogP contribution in [0.5, 0.6) is 5.88 Å². The average Bonchev–Trinajstić information content (AvgIpc) is 3.04. The van der Waals surface area contributed by atoms with Crippen LogP contribution in [-0.4, -0.2) is 9.97 Å². The van der Waals surface area contributed by atoms with Crippen LogP contribution in [0.25, 0.3) is 0 Å². The first kappa shape index (κ1) is 10.5. The highest BCUT2D eigenvalue weighted by Gasteiger charge is 2.27. The van der Waals surface area contributed by atoms with Crippen LogP contribution in [0, 0.1) is 0 Å². The summed E-state index contributed by atoms with van der Waals surface area (Å²) in [5.74, 6) is 2.38. The molecule has 0 aromatic carbocycles. The Kier molecular flexibility index (Phi) is 2.68. The molecule has 1 fully saturated rings.